The average Bonchev–Trinajstić information content (AvgIpc) is 2.88. The second kappa shape index (κ2) is 6.90. The molecule has 1 aliphatic rings. The van der Waals surface area contributed by atoms with E-state index in [0.29, 0.717) is 11.8 Å². The summed E-state index contributed by atoms with van der Waals surface area (Å²) >= 11 is 0. The first-order valence-corrected chi connectivity index (χ1v) is 6.61. The van der Waals surface area contributed by atoms with Crippen molar-refractivity contribution in [1.82, 2.24) is 9.88 Å². The van der Waals surface area contributed by atoms with E-state index in [4.69, 9.17) is 5.11 Å². The van der Waals surface area contributed by atoms with E-state index in [1.165, 1.54) is 24.9 Å². The summed E-state index contributed by atoms with van der Waals surface area (Å²) in [4.78, 5) is 6.54. The van der Waals surface area contributed by atoms with Gasteiger partial charge in [0.15, 0.2) is 0 Å². The summed E-state index contributed by atoms with van der Waals surface area (Å²) in [7, 11) is 2.19. The first-order valence-electron chi connectivity index (χ1n) is 6.61. The maximum absolute atomic E-state index is 8.63. The van der Waals surface area contributed by atoms with Crippen LogP contribution < -0.4 is 0 Å². The lowest BCUT2D eigenvalue weighted by atomic mass is 10.1. The summed E-state index contributed by atoms with van der Waals surface area (Å²) in [6.45, 7) is 1.22. The topological polar surface area (TPSA) is 36.4 Å². The first kappa shape index (κ1) is 13.6. The van der Waals surface area contributed by atoms with Gasteiger partial charge >= 0.3 is 0 Å². The number of para-hydroxylation sites is 1. The van der Waals surface area contributed by atoms with Gasteiger partial charge in [0.25, 0.3) is 0 Å². The molecule has 1 unspecified atom stereocenters. The number of rotatable bonds is 1. The number of likely N-dealkylation sites (tertiary alicyclic amines) is 1. The van der Waals surface area contributed by atoms with Crippen LogP contribution in [0, 0.1) is 0 Å². The molecule has 1 aromatic carbocycles. The lowest BCUT2D eigenvalue weighted by Crippen LogP contribution is -2.17. The lowest BCUT2D eigenvalue weighted by molar-refractivity contribution is 0.317. The fourth-order valence-electron chi connectivity index (χ4n) is 2.33. The fourth-order valence-corrected chi connectivity index (χ4v) is 2.33. The van der Waals surface area contributed by atoms with Crippen LogP contribution in [0.25, 0.3) is 0 Å². The zero-order valence-electron chi connectivity index (χ0n) is 11.2. The number of aromatic hydroxyl groups is 1. The van der Waals surface area contributed by atoms with Crippen molar-refractivity contribution >= 4 is 0 Å². The standard InChI is InChI=1S/C10H14N2.C6H6O/c1-12-7-3-5-10(12)9-4-2-6-11-8-9;7-6-4-2-1-3-5-6/h2,4,6,8,10H,3,5,7H2,1H3;1-5,7H. The monoisotopic (exact) mass is 256 g/mol. The molecule has 1 saturated heterocycles. The Morgan fingerprint density at radius 2 is 1.95 bits per heavy atom. The molecule has 19 heavy (non-hydrogen) atoms. The molecule has 2 heterocycles. The predicted molar refractivity (Wildman–Crippen MR) is 76.9 cm³/mol. The van der Waals surface area contributed by atoms with E-state index in [1.54, 1.807) is 24.3 Å². The average molecular weight is 256 g/mol. The van der Waals surface area contributed by atoms with Crippen molar-refractivity contribution < 1.29 is 5.11 Å². The molecular weight excluding hydrogens is 236 g/mol. The molecule has 0 saturated carbocycles. The Labute approximate surface area is 114 Å². The van der Waals surface area contributed by atoms with Crippen molar-refractivity contribution in [2.24, 2.45) is 0 Å². The van der Waals surface area contributed by atoms with Gasteiger partial charge in [0.1, 0.15) is 5.75 Å². The summed E-state index contributed by atoms with van der Waals surface area (Å²) in [5, 5.41) is 8.63. The Hall–Kier alpha value is -1.87. The maximum Gasteiger partial charge on any atom is 0.115 e. The van der Waals surface area contributed by atoms with Gasteiger partial charge in [-0.25, -0.2) is 0 Å². The number of benzene rings is 1. The predicted octanol–water partition coefficient (Wildman–Crippen LogP) is 3.24. The third-order valence-corrected chi connectivity index (χ3v) is 3.35. The zero-order chi connectivity index (χ0) is 13.5. The number of nitrogens with zero attached hydrogens (tertiary/aromatic N) is 2. The second-order valence-electron chi connectivity index (χ2n) is 4.76. The van der Waals surface area contributed by atoms with E-state index in [1.807, 2.05) is 24.5 Å². The quantitative estimate of drug-likeness (QED) is 0.851. The molecule has 0 aliphatic carbocycles. The molecule has 0 spiro atoms. The maximum atomic E-state index is 8.63. The summed E-state index contributed by atoms with van der Waals surface area (Å²) in [6.07, 6.45) is 6.41. The van der Waals surface area contributed by atoms with Crippen LogP contribution in [-0.2, 0) is 0 Å². The summed E-state index contributed by atoms with van der Waals surface area (Å²) in [5.74, 6) is 0.322. The third-order valence-electron chi connectivity index (χ3n) is 3.35. The van der Waals surface area contributed by atoms with Crippen LogP contribution in [0.1, 0.15) is 24.4 Å². The lowest BCUT2D eigenvalue weighted by Gasteiger charge is -2.18. The van der Waals surface area contributed by atoms with Crippen molar-refractivity contribution in [3.63, 3.8) is 0 Å². The van der Waals surface area contributed by atoms with Crippen LogP contribution in [0.5, 0.6) is 5.75 Å². The van der Waals surface area contributed by atoms with E-state index in [2.05, 4.69) is 23.0 Å². The summed E-state index contributed by atoms with van der Waals surface area (Å²) < 4.78 is 0. The number of hydrogen-bond donors (Lipinski definition) is 1. The smallest absolute Gasteiger partial charge is 0.115 e. The zero-order valence-corrected chi connectivity index (χ0v) is 11.2. The molecule has 1 aliphatic heterocycles. The molecule has 3 heteroatoms. The largest absolute Gasteiger partial charge is 0.508 e. The number of pyridine rings is 1. The van der Waals surface area contributed by atoms with Crippen molar-refractivity contribution in [3.05, 3.63) is 60.4 Å². The van der Waals surface area contributed by atoms with Crippen LogP contribution in [0.4, 0.5) is 0 Å². The molecule has 3 nitrogen and oxygen atoms in total. The van der Waals surface area contributed by atoms with Gasteiger partial charge in [-0.1, -0.05) is 24.3 Å². The minimum Gasteiger partial charge on any atom is -0.508 e. The van der Waals surface area contributed by atoms with E-state index in [0.717, 1.165) is 0 Å². The number of phenolic OH excluding ortho intramolecular Hbond substituents is 1. The number of aromatic nitrogens is 1. The van der Waals surface area contributed by atoms with Gasteiger partial charge in [-0.05, 0) is 50.2 Å². The molecular formula is C16H20N2O. The SMILES string of the molecule is CN1CCCC1c1cccnc1.Oc1ccccc1. The Balaban J connectivity index is 0.000000163. The summed E-state index contributed by atoms with van der Waals surface area (Å²) in [6, 6.07) is 13.5. The Kier molecular flexibility index (Phi) is 4.93. The molecule has 2 aromatic rings. The molecule has 0 radical (unpaired) electrons. The van der Waals surface area contributed by atoms with Gasteiger partial charge in [-0.3, -0.25) is 9.88 Å². The van der Waals surface area contributed by atoms with Crippen molar-refractivity contribution in [1.29, 1.82) is 0 Å². The highest BCUT2D eigenvalue weighted by atomic mass is 16.3. The number of hydrogen-bond acceptors (Lipinski definition) is 3. The van der Waals surface area contributed by atoms with E-state index < -0.39 is 0 Å². The molecule has 0 amide bonds. The second-order valence-corrected chi connectivity index (χ2v) is 4.76. The summed E-state index contributed by atoms with van der Waals surface area (Å²) in [5.41, 5.74) is 1.36. The highest BCUT2D eigenvalue weighted by molar-refractivity contribution is 5.18. The third kappa shape index (κ3) is 4.07. The van der Waals surface area contributed by atoms with E-state index >= 15 is 0 Å². The van der Waals surface area contributed by atoms with Crippen LogP contribution >= 0.6 is 0 Å². The van der Waals surface area contributed by atoms with Crippen LogP contribution in [-0.4, -0.2) is 28.6 Å². The normalized spacial score (nSPS) is 18.7. The highest BCUT2D eigenvalue weighted by Gasteiger charge is 2.21. The molecule has 1 N–H and O–H groups in total. The van der Waals surface area contributed by atoms with Crippen molar-refractivity contribution in [2.45, 2.75) is 18.9 Å². The minimum atomic E-state index is 0.322. The van der Waals surface area contributed by atoms with Crippen LogP contribution in [0.15, 0.2) is 54.9 Å². The molecule has 1 atom stereocenters. The molecule has 3 rings (SSSR count). The molecule has 1 aromatic heterocycles. The minimum absolute atomic E-state index is 0.322. The molecule has 0 bridgehead atoms. The van der Waals surface area contributed by atoms with Gasteiger partial charge in [-0.15, -0.1) is 0 Å². The van der Waals surface area contributed by atoms with Gasteiger partial charge in [0.2, 0.25) is 0 Å². The number of phenols is 1. The molecule has 100 valence electrons. The van der Waals surface area contributed by atoms with E-state index in [-0.39, 0.29) is 0 Å². The van der Waals surface area contributed by atoms with Gasteiger partial charge < -0.3 is 5.11 Å². The Bertz CT molecular complexity index is 473. The Morgan fingerprint density at radius 1 is 1.16 bits per heavy atom. The molecule has 1 fully saturated rings. The van der Waals surface area contributed by atoms with Gasteiger partial charge in [0, 0.05) is 18.4 Å². The van der Waals surface area contributed by atoms with Crippen LogP contribution in [0.3, 0.4) is 0 Å². The van der Waals surface area contributed by atoms with Crippen LogP contribution in [0.2, 0.25) is 0 Å². The van der Waals surface area contributed by atoms with E-state index in [9.17, 15) is 0 Å². The fraction of sp³-hybridized carbons (Fsp3) is 0.312. The van der Waals surface area contributed by atoms with Crippen molar-refractivity contribution in [3.8, 4) is 5.75 Å². The van der Waals surface area contributed by atoms with Crippen molar-refractivity contribution in [2.75, 3.05) is 13.6 Å². The van der Waals surface area contributed by atoms with Gasteiger partial charge in [0.05, 0.1) is 0 Å². The Morgan fingerprint density at radius 3 is 2.42 bits per heavy atom. The van der Waals surface area contributed by atoms with Gasteiger partial charge in [-0.2, -0.15) is 0 Å². The first-order chi connectivity index (χ1) is 9.27. The highest BCUT2D eigenvalue weighted by Crippen LogP contribution is 2.29.